The molecule has 0 spiro atoms. The topological polar surface area (TPSA) is 54.0 Å². The van der Waals surface area contributed by atoms with Gasteiger partial charge in [-0.3, -0.25) is 0 Å². The molecule has 0 aromatic heterocycles. The van der Waals surface area contributed by atoms with Crippen molar-refractivity contribution in [2.45, 2.75) is 38.9 Å². The van der Waals surface area contributed by atoms with Gasteiger partial charge >= 0.3 is 5.97 Å². The van der Waals surface area contributed by atoms with E-state index in [0.717, 1.165) is 10.8 Å². The minimum Gasteiger partial charge on any atom is -0.543 e. The minimum atomic E-state index is -2.09. The zero-order chi connectivity index (χ0) is 19.5. The normalized spacial score (nSPS) is 12.1. The summed E-state index contributed by atoms with van der Waals surface area (Å²) in [5.41, 5.74) is 0.331. The number of methoxy groups -OCH3 is 2. The number of carbonyl (C=O) groups is 1. The highest BCUT2D eigenvalue weighted by Gasteiger charge is 2.39. The van der Waals surface area contributed by atoms with E-state index in [1.165, 1.54) is 14.2 Å². The Morgan fingerprint density at radius 1 is 1.08 bits per heavy atom. The minimum absolute atomic E-state index is 0.0325. The van der Waals surface area contributed by atoms with Crippen LogP contribution in [-0.4, -0.2) is 35.3 Å². The largest absolute Gasteiger partial charge is 0.543 e. The Bertz CT molecular complexity index is 793. The van der Waals surface area contributed by atoms with Crippen LogP contribution < -0.4 is 9.16 Å². The van der Waals surface area contributed by atoms with Crippen molar-refractivity contribution >= 4 is 25.1 Å². The fourth-order valence-electron chi connectivity index (χ4n) is 2.36. The molecular weight excluding hydrogens is 348 g/mol. The average Bonchev–Trinajstić information content (AvgIpc) is 2.58. The van der Waals surface area contributed by atoms with Crippen LogP contribution in [0, 0.1) is 0 Å². The molecule has 6 heteroatoms. The lowest BCUT2D eigenvalue weighted by molar-refractivity contribution is 0.0474. The van der Waals surface area contributed by atoms with Crippen LogP contribution in [0.5, 0.6) is 11.5 Å². The predicted molar refractivity (Wildman–Crippen MR) is 106 cm³/mol. The third-order valence-corrected chi connectivity index (χ3v) is 9.20. The van der Waals surface area contributed by atoms with Crippen molar-refractivity contribution in [3.05, 3.63) is 35.9 Å². The third-order valence-electron chi connectivity index (χ3n) is 4.85. The van der Waals surface area contributed by atoms with Crippen LogP contribution in [0.3, 0.4) is 0 Å². The molecule has 0 saturated heterocycles. The van der Waals surface area contributed by atoms with Crippen molar-refractivity contribution in [1.29, 1.82) is 0 Å². The van der Waals surface area contributed by atoms with Gasteiger partial charge in [0.1, 0.15) is 17.1 Å². The molecule has 0 aliphatic rings. The number of carbonyl (C=O) groups excluding carboxylic acids is 1. The lowest BCUT2D eigenvalue weighted by Crippen LogP contribution is -2.43. The van der Waals surface area contributed by atoms with Crippen molar-refractivity contribution < 1.29 is 23.4 Å². The zero-order valence-electron chi connectivity index (χ0n) is 16.6. The molecule has 0 heterocycles. The van der Waals surface area contributed by atoms with Crippen LogP contribution in [0.15, 0.2) is 30.3 Å². The van der Waals surface area contributed by atoms with E-state index in [-0.39, 0.29) is 11.8 Å². The van der Waals surface area contributed by atoms with E-state index in [9.17, 15) is 4.79 Å². The van der Waals surface area contributed by atoms with Crippen LogP contribution in [0.1, 0.15) is 31.1 Å². The van der Waals surface area contributed by atoms with E-state index in [0.29, 0.717) is 17.1 Å². The summed E-state index contributed by atoms with van der Waals surface area (Å²) in [7, 11) is 0.799. The Balaban J connectivity index is 2.70. The summed E-state index contributed by atoms with van der Waals surface area (Å²) >= 11 is 0. The molecule has 0 aliphatic carbocycles. The molecule has 0 N–H and O–H groups in total. The van der Waals surface area contributed by atoms with Gasteiger partial charge in [0.05, 0.1) is 7.11 Å². The van der Waals surface area contributed by atoms with E-state index in [1.807, 2.05) is 24.3 Å². The Labute approximate surface area is 156 Å². The van der Waals surface area contributed by atoms with Crippen molar-refractivity contribution in [1.82, 2.24) is 0 Å². The van der Waals surface area contributed by atoms with E-state index in [1.54, 1.807) is 6.07 Å². The van der Waals surface area contributed by atoms with Gasteiger partial charge in [0, 0.05) is 17.9 Å². The number of rotatable bonds is 6. The molecule has 0 radical (unpaired) electrons. The molecule has 0 aliphatic heterocycles. The summed E-state index contributed by atoms with van der Waals surface area (Å²) in [6.07, 6.45) is 0. The van der Waals surface area contributed by atoms with E-state index in [2.05, 4.69) is 33.9 Å². The number of hydrogen-bond acceptors (Lipinski definition) is 5. The first-order valence-corrected chi connectivity index (χ1v) is 11.5. The van der Waals surface area contributed by atoms with E-state index < -0.39 is 14.3 Å². The first kappa shape index (κ1) is 20.3. The molecule has 2 aromatic carbocycles. The Kier molecular flexibility index (Phi) is 5.98. The van der Waals surface area contributed by atoms with Gasteiger partial charge in [-0.1, -0.05) is 45.0 Å². The van der Waals surface area contributed by atoms with Crippen LogP contribution in [-0.2, 0) is 9.47 Å². The SMILES string of the molecule is COCOc1c(C(=O)OC)cc(O[Si](C)(C)C(C)(C)C)c2ccccc12. The number of ether oxygens (including phenoxy) is 3. The van der Waals surface area contributed by atoms with Crippen molar-refractivity contribution in [3.63, 3.8) is 0 Å². The second-order valence-electron chi connectivity index (χ2n) is 7.70. The summed E-state index contributed by atoms with van der Waals surface area (Å²) in [6.45, 7) is 10.9. The summed E-state index contributed by atoms with van der Waals surface area (Å²) in [6, 6.07) is 9.45. The predicted octanol–water partition coefficient (Wildman–Crippen LogP) is 4.99. The molecule has 0 atom stereocenters. The molecule has 5 nitrogen and oxygen atoms in total. The monoisotopic (exact) mass is 376 g/mol. The molecule has 0 saturated carbocycles. The van der Waals surface area contributed by atoms with Gasteiger partial charge in [0.2, 0.25) is 0 Å². The van der Waals surface area contributed by atoms with E-state index in [4.69, 9.17) is 18.6 Å². The molecule has 0 fully saturated rings. The molecule has 2 aromatic rings. The number of hydrogen-bond donors (Lipinski definition) is 0. The van der Waals surface area contributed by atoms with Crippen molar-refractivity contribution in [2.24, 2.45) is 0 Å². The number of benzene rings is 2. The molecule has 142 valence electrons. The number of fused-ring (bicyclic) bond motifs is 1. The van der Waals surface area contributed by atoms with Gasteiger partial charge in [-0.15, -0.1) is 0 Å². The standard InChI is InChI=1S/C20H28O5Si/c1-20(2,3)26(6,7)25-17-12-16(19(21)23-5)18(24-13-22-4)15-11-9-8-10-14(15)17/h8-12H,13H2,1-7H3. The molecule has 0 unspecified atom stereocenters. The summed E-state index contributed by atoms with van der Waals surface area (Å²) in [5, 5.41) is 1.72. The van der Waals surface area contributed by atoms with Crippen molar-refractivity contribution in [3.8, 4) is 11.5 Å². The first-order valence-electron chi connectivity index (χ1n) is 8.57. The molecular formula is C20H28O5Si. The van der Waals surface area contributed by atoms with Crippen LogP contribution in [0.25, 0.3) is 10.8 Å². The van der Waals surface area contributed by atoms with Gasteiger partial charge in [-0.05, 0) is 24.2 Å². The highest BCUT2D eigenvalue weighted by atomic mass is 28.4. The van der Waals surface area contributed by atoms with Gasteiger partial charge in [-0.2, -0.15) is 0 Å². The Morgan fingerprint density at radius 2 is 1.69 bits per heavy atom. The molecule has 26 heavy (non-hydrogen) atoms. The second kappa shape index (κ2) is 7.68. The molecule has 2 rings (SSSR count). The highest BCUT2D eigenvalue weighted by Crippen LogP contribution is 2.42. The first-order chi connectivity index (χ1) is 12.1. The smallest absolute Gasteiger partial charge is 0.341 e. The third kappa shape index (κ3) is 4.02. The maximum absolute atomic E-state index is 12.4. The highest BCUT2D eigenvalue weighted by molar-refractivity contribution is 6.74. The van der Waals surface area contributed by atoms with Gasteiger partial charge < -0.3 is 18.6 Å². The Hall–Kier alpha value is -2.05. The summed E-state index contributed by atoms with van der Waals surface area (Å²) in [5.74, 6) is 0.649. The fourth-order valence-corrected chi connectivity index (χ4v) is 3.39. The maximum Gasteiger partial charge on any atom is 0.341 e. The fraction of sp³-hybridized carbons (Fsp3) is 0.450. The van der Waals surface area contributed by atoms with Crippen molar-refractivity contribution in [2.75, 3.05) is 21.0 Å². The van der Waals surface area contributed by atoms with Gasteiger partial charge in [-0.25, -0.2) is 4.79 Å². The summed E-state index contributed by atoms with van der Waals surface area (Å²) < 4.78 is 22.2. The number of esters is 1. The molecule has 0 bridgehead atoms. The zero-order valence-corrected chi connectivity index (χ0v) is 17.6. The van der Waals surface area contributed by atoms with Crippen LogP contribution in [0.2, 0.25) is 18.1 Å². The van der Waals surface area contributed by atoms with E-state index >= 15 is 0 Å². The quantitative estimate of drug-likeness (QED) is 0.404. The van der Waals surface area contributed by atoms with Gasteiger partial charge in [0.15, 0.2) is 6.79 Å². The maximum atomic E-state index is 12.4. The van der Waals surface area contributed by atoms with Crippen LogP contribution >= 0.6 is 0 Å². The van der Waals surface area contributed by atoms with Crippen LogP contribution in [0.4, 0.5) is 0 Å². The average molecular weight is 377 g/mol. The second-order valence-corrected chi connectivity index (χ2v) is 12.4. The molecule has 0 amide bonds. The Morgan fingerprint density at radius 3 is 2.23 bits per heavy atom. The summed E-state index contributed by atoms with van der Waals surface area (Å²) in [4.78, 5) is 12.4. The lowest BCUT2D eigenvalue weighted by atomic mass is 10.0. The van der Waals surface area contributed by atoms with Gasteiger partial charge in [0.25, 0.3) is 8.32 Å². The lowest BCUT2D eigenvalue weighted by Gasteiger charge is -2.37.